The first-order valence-corrected chi connectivity index (χ1v) is 10.6. The molecule has 1 aromatic rings. The summed E-state index contributed by atoms with van der Waals surface area (Å²) < 4.78 is 32.4. The number of nitrogens with one attached hydrogen (secondary N) is 1. The SMILES string of the molecule is Cc1noc(C)c1S(=O)(=O)N1CCC[C@H]1C(=O)NC1CCCCCC1. The van der Waals surface area contributed by atoms with Gasteiger partial charge in [0.1, 0.15) is 16.6 Å². The summed E-state index contributed by atoms with van der Waals surface area (Å²) in [4.78, 5) is 12.9. The van der Waals surface area contributed by atoms with Crippen LogP contribution in [-0.2, 0) is 14.8 Å². The molecule has 3 rings (SSSR count). The Kier molecular flexibility index (Phi) is 5.48. The molecule has 2 heterocycles. The molecule has 0 spiro atoms. The molecule has 1 aliphatic carbocycles. The quantitative estimate of drug-likeness (QED) is 0.822. The molecule has 1 aliphatic heterocycles. The number of rotatable bonds is 4. The normalized spacial score (nSPS) is 23.5. The van der Waals surface area contributed by atoms with E-state index in [9.17, 15) is 13.2 Å². The van der Waals surface area contributed by atoms with Crippen LogP contribution < -0.4 is 5.32 Å². The Morgan fingerprint density at radius 3 is 2.40 bits per heavy atom. The second-order valence-electron chi connectivity index (χ2n) is 7.12. The third-order valence-corrected chi connectivity index (χ3v) is 7.40. The summed E-state index contributed by atoms with van der Waals surface area (Å²) in [5.74, 6) is 0.104. The number of nitrogens with zero attached hydrogens (tertiary/aromatic N) is 2. The topological polar surface area (TPSA) is 92.5 Å². The zero-order valence-electron chi connectivity index (χ0n) is 15.0. The number of hydrogen-bond donors (Lipinski definition) is 1. The average molecular weight is 369 g/mol. The fraction of sp³-hybridized carbons (Fsp3) is 0.765. The Labute approximate surface area is 149 Å². The number of carbonyl (C=O) groups excluding carboxylic acids is 1. The monoisotopic (exact) mass is 369 g/mol. The van der Waals surface area contributed by atoms with E-state index < -0.39 is 16.1 Å². The van der Waals surface area contributed by atoms with Crippen LogP contribution in [-0.4, -0.2) is 42.4 Å². The molecule has 8 heteroatoms. The minimum atomic E-state index is -3.78. The number of sulfonamides is 1. The van der Waals surface area contributed by atoms with Crippen LogP contribution in [0.2, 0.25) is 0 Å². The number of carbonyl (C=O) groups is 1. The molecule has 0 bridgehead atoms. The van der Waals surface area contributed by atoms with Crippen molar-refractivity contribution in [3.63, 3.8) is 0 Å². The fourth-order valence-electron chi connectivity index (χ4n) is 3.97. The Balaban J connectivity index is 1.76. The molecule has 25 heavy (non-hydrogen) atoms. The van der Waals surface area contributed by atoms with Crippen molar-refractivity contribution in [1.29, 1.82) is 0 Å². The second kappa shape index (κ2) is 7.45. The highest BCUT2D eigenvalue weighted by molar-refractivity contribution is 7.89. The minimum Gasteiger partial charge on any atom is -0.360 e. The third-order valence-electron chi connectivity index (χ3n) is 5.24. The van der Waals surface area contributed by atoms with Gasteiger partial charge < -0.3 is 9.84 Å². The van der Waals surface area contributed by atoms with Gasteiger partial charge in [-0.05, 0) is 39.5 Å². The van der Waals surface area contributed by atoms with Crippen molar-refractivity contribution in [3.8, 4) is 0 Å². The van der Waals surface area contributed by atoms with Crippen molar-refractivity contribution in [2.45, 2.75) is 82.2 Å². The van der Waals surface area contributed by atoms with E-state index in [0.717, 1.165) is 25.7 Å². The third kappa shape index (κ3) is 3.74. The highest BCUT2D eigenvalue weighted by atomic mass is 32.2. The lowest BCUT2D eigenvalue weighted by Gasteiger charge is -2.25. The van der Waals surface area contributed by atoms with Gasteiger partial charge in [-0.1, -0.05) is 30.8 Å². The summed E-state index contributed by atoms with van der Waals surface area (Å²) in [6.45, 7) is 3.55. The Morgan fingerprint density at radius 1 is 1.12 bits per heavy atom. The molecule has 140 valence electrons. The van der Waals surface area contributed by atoms with Gasteiger partial charge in [-0.15, -0.1) is 0 Å². The van der Waals surface area contributed by atoms with E-state index in [1.807, 2.05) is 0 Å². The first-order chi connectivity index (χ1) is 11.9. The number of aromatic nitrogens is 1. The van der Waals surface area contributed by atoms with Gasteiger partial charge in [0.25, 0.3) is 0 Å². The summed E-state index contributed by atoms with van der Waals surface area (Å²) in [5, 5.41) is 6.84. The molecule has 1 atom stereocenters. The lowest BCUT2D eigenvalue weighted by atomic mass is 10.1. The maximum absolute atomic E-state index is 13.0. The summed E-state index contributed by atoms with van der Waals surface area (Å²) in [6, 6.07) is -0.471. The van der Waals surface area contributed by atoms with Crippen LogP contribution in [0.3, 0.4) is 0 Å². The Morgan fingerprint density at radius 2 is 1.80 bits per heavy atom. The van der Waals surface area contributed by atoms with Crippen molar-refractivity contribution >= 4 is 15.9 Å². The van der Waals surface area contributed by atoms with E-state index in [2.05, 4.69) is 10.5 Å². The van der Waals surface area contributed by atoms with Gasteiger partial charge in [-0.25, -0.2) is 8.42 Å². The molecular formula is C17H27N3O4S. The minimum absolute atomic E-state index is 0.0988. The molecule has 1 amide bonds. The van der Waals surface area contributed by atoms with Crippen LogP contribution in [0.25, 0.3) is 0 Å². The molecule has 1 saturated carbocycles. The van der Waals surface area contributed by atoms with Crippen LogP contribution in [0.5, 0.6) is 0 Å². The molecule has 0 radical (unpaired) electrons. The number of amides is 1. The van der Waals surface area contributed by atoms with E-state index in [0.29, 0.717) is 25.1 Å². The molecule has 0 unspecified atom stereocenters. The van der Waals surface area contributed by atoms with Gasteiger partial charge in [0.05, 0.1) is 0 Å². The summed E-state index contributed by atoms with van der Waals surface area (Å²) >= 11 is 0. The Bertz CT molecular complexity index is 701. The van der Waals surface area contributed by atoms with Crippen molar-refractivity contribution < 1.29 is 17.7 Å². The van der Waals surface area contributed by atoms with E-state index in [1.165, 1.54) is 17.1 Å². The van der Waals surface area contributed by atoms with E-state index in [1.54, 1.807) is 13.8 Å². The first kappa shape index (κ1) is 18.4. The predicted molar refractivity (Wildman–Crippen MR) is 92.5 cm³/mol. The molecule has 1 saturated heterocycles. The molecule has 7 nitrogen and oxygen atoms in total. The smallest absolute Gasteiger partial charge is 0.249 e. The highest BCUT2D eigenvalue weighted by Gasteiger charge is 2.42. The van der Waals surface area contributed by atoms with Crippen LogP contribution in [0.4, 0.5) is 0 Å². The predicted octanol–water partition coefficient (Wildman–Crippen LogP) is 2.28. The first-order valence-electron chi connectivity index (χ1n) is 9.16. The van der Waals surface area contributed by atoms with Gasteiger partial charge in [0, 0.05) is 12.6 Å². The van der Waals surface area contributed by atoms with Gasteiger partial charge in [-0.3, -0.25) is 4.79 Å². The van der Waals surface area contributed by atoms with Crippen molar-refractivity contribution in [2.24, 2.45) is 0 Å². The maximum Gasteiger partial charge on any atom is 0.249 e. The van der Waals surface area contributed by atoms with Gasteiger partial charge in [0.15, 0.2) is 5.76 Å². The molecule has 2 fully saturated rings. The Hall–Kier alpha value is -1.41. The van der Waals surface area contributed by atoms with Crippen LogP contribution >= 0.6 is 0 Å². The number of aryl methyl sites for hydroxylation is 2. The molecule has 1 N–H and O–H groups in total. The van der Waals surface area contributed by atoms with Gasteiger partial charge >= 0.3 is 0 Å². The van der Waals surface area contributed by atoms with Crippen LogP contribution in [0, 0.1) is 13.8 Å². The molecule has 1 aromatic heterocycles. The van der Waals surface area contributed by atoms with Gasteiger partial charge in [-0.2, -0.15) is 4.31 Å². The van der Waals surface area contributed by atoms with Crippen LogP contribution in [0.15, 0.2) is 9.42 Å². The second-order valence-corrected chi connectivity index (χ2v) is 8.95. The molecule has 0 aromatic carbocycles. The molecular weight excluding hydrogens is 342 g/mol. The maximum atomic E-state index is 13.0. The van der Waals surface area contributed by atoms with Crippen molar-refractivity contribution in [2.75, 3.05) is 6.54 Å². The highest BCUT2D eigenvalue weighted by Crippen LogP contribution is 2.30. The lowest BCUT2D eigenvalue weighted by molar-refractivity contribution is -0.125. The zero-order chi connectivity index (χ0) is 18.0. The fourth-order valence-corrected chi connectivity index (χ4v) is 5.92. The van der Waals surface area contributed by atoms with Crippen LogP contribution in [0.1, 0.15) is 62.8 Å². The summed E-state index contributed by atoms with van der Waals surface area (Å²) in [7, 11) is -3.78. The lowest BCUT2D eigenvalue weighted by Crippen LogP contribution is -2.48. The summed E-state index contributed by atoms with van der Waals surface area (Å²) in [5.41, 5.74) is 0.340. The van der Waals surface area contributed by atoms with Crippen molar-refractivity contribution in [1.82, 2.24) is 14.8 Å². The van der Waals surface area contributed by atoms with E-state index in [4.69, 9.17) is 4.52 Å². The summed E-state index contributed by atoms with van der Waals surface area (Å²) in [6.07, 6.45) is 7.87. The largest absolute Gasteiger partial charge is 0.360 e. The zero-order valence-corrected chi connectivity index (χ0v) is 15.8. The molecule has 2 aliphatic rings. The van der Waals surface area contributed by atoms with E-state index in [-0.39, 0.29) is 22.6 Å². The van der Waals surface area contributed by atoms with Gasteiger partial charge in [0.2, 0.25) is 15.9 Å². The van der Waals surface area contributed by atoms with Crippen molar-refractivity contribution in [3.05, 3.63) is 11.5 Å². The average Bonchev–Trinajstić information content (AvgIpc) is 3.10. The standard InChI is InChI=1S/C17H27N3O4S/c1-12-16(13(2)24-19-12)25(22,23)20-11-7-10-15(20)17(21)18-14-8-5-3-4-6-9-14/h14-15H,3-11H2,1-2H3,(H,18,21)/t15-/m0/s1. The van der Waals surface area contributed by atoms with E-state index >= 15 is 0 Å². The number of hydrogen-bond acceptors (Lipinski definition) is 5.